The van der Waals surface area contributed by atoms with Gasteiger partial charge in [-0.05, 0) is 72.3 Å². The van der Waals surface area contributed by atoms with Crippen molar-refractivity contribution < 1.29 is 19.1 Å². The number of imide groups is 1. The predicted molar refractivity (Wildman–Crippen MR) is 146 cm³/mol. The Morgan fingerprint density at radius 1 is 0.833 bits per heavy atom. The number of amides is 2. The summed E-state index contributed by atoms with van der Waals surface area (Å²) >= 11 is 25.2. The van der Waals surface area contributed by atoms with Crippen molar-refractivity contribution in [1.82, 2.24) is 4.90 Å². The molecule has 3 aromatic carbocycles. The highest BCUT2D eigenvalue weighted by Crippen LogP contribution is 2.36. The van der Waals surface area contributed by atoms with Gasteiger partial charge in [0.05, 0.1) is 18.1 Å². The number of hydrogen-bond donors (Lipinski definition) is 0. The molecule has 1 saturated heterocycles. The molecule has 36 heavy (non-hydrogen) atoms. The van der Waals surface area contributed by atoms with Gasteiger partial charge in [-0.25, -0.2) is 0 Å². The molecule has 3 aromatic rings. The van der Waals surface area contributed by atoms with Gasteiger partial charge in [0.1, 0.15) is 6.61 Å². The number of carbonyl (C=O) groups is 2. The lowest BCUT2D eigenvalue weighted by Crippen LogP contribution is -2.27. The quantitative estimate of drug-likeness (QED) is 0.249. The molecule has 0 aromatic heterocycles. The topological polar surface area (TPSA) is 55.8 Å². The lowest BCUT2D eigenvalue weighted by molar-refractivity contribution is -0.123. The number of hydrogen-bond acceptors (Lipinski definition) is 5. The van der Waals surface area contributed by atoms with Gasteiger partial charge in [-0.2, -0.15) is 0 Å². The van der Waals surface area contributed by atoms with E-state index in [1.807, 2.05) is 6.92 Å². The summed E-state index contributed by atoms with van der Waals surface area (Å²) in [4.78, 5) is 27.0. The van der Waals surface area contributed by atoms with Gasteiger partial charge in [0.15, 0.2) is 11.5 Å². The molecule has 186 valence electrons. The first kappa shape index (κ1) is 26.7. The van der Waals surface area contributed by atoms with Crippen molar-refractivity contribution in [2.24, 2.45) is 0 Å². The van der Waals surface area contributed by atoms with E-state index in [1.54, 1.807) is 60.7 Å². The van der Waals surface area contributed by atoms with Gasteiger partial charge in [-0.15, -0.1) is 0 Å². The molecule has 0 N–H and O–H groups in total. The van der Waals surface area contributed by atoms with Crippen LogP contribution >= 0.6 is 58.2 Å². The normalized spacial score (nSPS) is 14.6. The zero-order valence-electron chi connectivity index (χ0n) is 18.9. The van der Waals surface area contributed by atoms with Crippen molar-refractivity contribution in [1.29, 1.82) is 0 Å². The number of halogens is 4. The zero-order chi connectivity index (χ0) is 25.8. The van der Waals surface area contributed by atoms with Crippen LogP contribution in [0.25, 0.3) is 6.08 Å². The molecule has 0 unspecified atom stereocenters. The molecule has 10 heteroatoms. The molecule has 1 heterocycles. The first-order valence-corrected chi connectivity index (χ1v) is 13.1. The fourth-order valence-electron chi connectivity index (χ4n) is 3.40. The molecule has 0 radical (unpaired) electrons. The molecule has 0 bridgehead atoms. The Morgan fingerprint density at radius 2 is 1.50 bits per heavy atom. The molecule has 5 nitrogen and oxygen atoms in total. The molecule has 0 aliphatic carbocycles. The van der Waals surface area contributed by atoms with E-state index in [0.29, 0.717) is 54.2 Å². The van der Waals surface area contributed by atoms with Crippen LogP contribution in [-0.4, -0.2) is 22.7 Å². The molecule has 0 spiro atoms. The van der Waals surface area contributed by atoms with E-state index in [2.05, 4.69) is 0 Å². The van der Waals surface area contributed by atoms with E-state index in [9.17, 15) is 9.59 Å². The van der Waals surface area contributed by atoms with Crippen LogP contribution in [0.1, 0.15) is 23.6 Å². The molecule has 1 aliphatic heterocycles. The average Bonchev–Trinajstić information content (AvgIpc) is 3.08. The predicted octanol–water partition coefficient (Wildman–Crippen LogP) is 8.51. The van der Waals surface area contributed by atoms with Crippen LogP contribution in [0.2, 0.25) is 20.1 Å². The molecule has 0 saturated carbocycles. The van der Waals surface area contributed by atoms with E-state index in [1.165, 1.54) is 0 Å². The summed E-state index contributed by atoms with van der Waals surface area (Å²) in [5.41, 5.74) is 2.10. The summed E-state index contributed by atoms with van der Waals surface area (Å²) in [6.07, 6.45) is 1.65. The van der Waals surface area contributed by atoms with Crippen molar-refractivity contribution in [3.8, 4) is 11.5 Å². The highest BCUT2D eigenvalue weighted by Gasteiger charge is 2.35. The van der Waals surface area contributed by atoms with Crippen LogP contribution < -0.4 is 9.47 Å². The number of nitrogens with zero attached hydrogens (tertiary/aromatic N) is 1. The van der Waals surface area contributed by atoms with E-state index in [0.717, 1.165) is 22.2 Å². The second kappa shape index (κ2) is 11.8. The Bertz CT molecular complexity index is 1360. The summed E-state index contributed by atoms with van der Waals surface area (Å²) in [5, 5.41) is 1.55. The van der Waals surface area contributed by atoms with Gasteiger partial charge in [0.25, 0.3) is 11.1 Å². The molecule has 1 fully saturated rings. The van der Waals surface area contributed by atoms with Crippen LogP contribution in [0.5, 0.6) is 11.5 Å². The summed E-state index contributed by atoms with van der Waals surface area (Å²) in [5.74, 6) is 0.626. The second-order valence-corrected chi connectivity index (χ2v) is 10.3. The van der Waals surface area contributed by atoms with E-state index in [4.69, 9.17) is 55.9 Å². The monoisotopic (exact) mass is 581 g/mol. The first-order valence-electron chi connectivity index (χ1n) is 10.8. The maximum absolute atomic E-state index is 13.0. The lowest BCUT2D eigenvalue weighted by atomic mass is 10.1. The molecule has 4 rings (SSSR count). The van der Waals surface area contributed by atoms with Crippen molar-refractivity contribution >= 4 is 75.4 Å². The lowest BCUT2D eigenvalue weighted by Gasteiger charge is -2.14. The van der Waals surface area contributed by atoms with Crippen LogP contribution in [0.3, 0.4) is 0 Å². The summed E-state index contributed by atoms with van der Waals surface area (Å²) in [7, 11) is 0. The number of thioether (sulfide) groups is 1. The van der Waals surface area contributed by atoms with Gasteiger partial charge in [0.2, 0.25) is 0 Å². The Morgan fingerprint density at radius 3 is 2.14 bits per heavy atom. The van der Waals surface area contributed by atoms with E-state index < -0.39 is 5.91 Å². The van der Waals surface area contributed by atoms with Gasteiger partial charge < -0.3 is 9.47 Å². The van der Waals surface area contributed by atoms with Gasteiger partial charge in [-0.3, -0.25) is 14.5 Å². The Balaban J connectivity index is 1.51. The third-order valence-corrected chi connectivity index (χ3v) is 7.26. The van der Waals surface area contributed by atoms with Crippen molar-refractivity contribution in [2.45, 2.75) is 20.1 Å². The largest absolute Gasteiger partial charge is 0.490 e. The first-order chi connectivity index (χ1) is 17.2. The highest BCUT2D eigenvalue weighted by molar-refractivity contribution is 8.18. The standard InChI is InChI=1S/C26H19Cl4NO4S/c1-2-34-23-9-15(3-8-22(23)35-14-17-5-7-19(28)12-21(17)30)10-24-25(32)31(26(33)36-24)13-16-4-6-18(27)11-20(16)29/h3-12H,2,13-14H2,1H3/b24-10+. The van der Waals surface area contributed by atoms with Crippen LogP contribution in [0.4, 0.5) is 4.79 Å². The number of rotatable bonds is 8. The maximum Gasteiger partial charge on any atom is 0.293 e. The minimum absolute atomic E-state index is 0.0578. The second-order valence-electron chi connectivity index (χ2n) is 7.67. The Kier molecular flexibility index (Phi) is 8.75. The molecular formula is C26H19Cl4NO4S. The molecular weight excluding hydrogens is 564 g/mol. The van der Waals surface area contributed by atoms with E-state index >= 15 is 0 Å². The molecule has 2 amide bonds. The van der Waals surface area contributed by atoms with Crippen molar-refractivity contribution in [3.63, 3.8) is 0 Å². The van der Waals surface area contributed by atoms with Crippen molar-refractivity contribution in [3.05, 3.63) is 96.3 Å². The Labute approximate surface area is 232 Å². The van der Waals surface area contributed by atoms with Crippen LogP contribution in [-0.2, 0) is 17.9 Å². The SMILES string of the molecule is CCOc1cc(/C=C2/SC(=O)N(Cc3ccc(Cl)cc3Cl)C2=O)ccc1OCc1ccc(Cl)cc1Cl. The summed E-state index contributed by atoms with van der Waals surface area (Å²) in [6, 6.07) is 15.4. The average molecular weight is 583 g/mol. The van der Waals surface area contributed by atoms with Gasteiger partial charge >= 0.3 is 0 Å². The number of ether oxygens (including phenoxy) is 2. The molecule has 0 atom stereocenters. The highest BCUT2D eigenvalue weighted by atomic mass is 35.5. The minimum Gasteiger partial charge on any atom is -0.490 e. The smallest absolute Gasteiger partial charge is 0.293 e. The fourth-order valence-corrected chi connectivity index (χ4v) is 5.17. The van der Waals surface area contributed by atoms with Gasteiger partial charge in [-0.1, -0.05) is 64.6 Å². The summed E-state index contributed by atoms with van der Waals surface area (Å²) in [6.45, 7) is 2.56. The van der Waals surface area contributed by atoms with Crippen LogP contribution in [0, 0.1) is 0 Å². The van der Waals surface area contributed by atoms with E-state index in [-0.39, 0.29) is 18.4 Å². The fraction of sp³-hybridized carbons (Fsp3) is 0.154. The molecule has 1 aliphatic rings. The zero-order valence-corrected chi connectivity index (χ0v) is 22.7. The number of carbonyl (C=O) groups excluding carboxylic acids is 2. The maximum atomic E-state index is 13.0. The van der Waals surface area contributed by atoms with Gasteiger partial charge in [0, 0.05) is 25.7 Å². The minimum atomic E-state index is -0.397. The summed E-state index contributed by atoms with van der Waals surface area (Å²) < 4.78 is 11.7. The third kappa shape index (κ3) is 6.31. The van der Waals surface area contributed by atoms with Crippen LogP contribution in [0.15, 0.2) is 59.5 Å². The Hall–Kier alpha value is -2.35. The van der Waals surface area contributed by atoms with Crippen molar-refractivity contribution in [2.75, 3.05) is 6.61 Å². The number of benzene rings is 3. The third-order valence-electron chi connectivity index (χ3n) is 5.18.